The summed E-state index contributed by atoms with van der Waals surface area (Å²) >= 11 is 5.76. The molecule has 2 heterocycles. The van der Waals surface area contributed by atoms with E-state index in [1.54, 1.807) is 7.11 Å². The summed E-state index contributed by atoms with van der Waals surface area (Å²) in [4.78, 5) is 9.90. The van der Waals surface area contributed by atoms with Crippen LogP contribution in [0.1, 0.15) is 41.1 Å². The van der Waals surface area contributed by atoms with Gasteiger partial charge in [-0.3, -0.25) is 0 Å². The topological polar surface area (TPSA) is 62.1 Å². The summed E-state index contributed by atoms with van der Waals surface area (Å²) in [7, 11) is 1.62. The molecule has 10 heteroatoms. The van der Waals surface area contributed by atoms with Gasteiger partial charge in [-0.1, -0.05) is 36.5 Å². The molecule has 2 unspecified atom stereocenters. The summed E-state index contributed by atoms with van der Waals surface area (Å²) in [5.41, 5.74) is 5.99. The SMILES string of the molecule is COc1cc(C)c(CC(=S)CC2CC2c2ccc(-c3ncn(-c4ccc(OC(F)(F)F)cc4)n3)cc2)c(C)n1. The minimum absolute atomic E-state index is 0.288. The van der Waals surface area contributed by atoms with E-state index in [1.807, 2.05) is 25.1 Å². The monoisotopic (exact) mass is 552 g/mol. The number of halogens is 3. The fourth-order valence-electron chi connectivity index (χ4n) is 4.84. The molecule has 4 aromatic rings. The van der Waals surface area contributed by atoms with Gasteiger partial charge in [0, 0.05) is 23.7 Å². The first-order chi connectivity index (χ1) is 18.6. The molecule has 0 amide bonds. The second kappa shape index (κ2) is 10.8. The van der Waals surface area contributed by atoms with Crippen LogP contribution >= 0.6 is 12.2 Å². The Kier molecular flexibility index (Phi) is 7.40. The van der Waals surface area contributed by atoms with Gasteiger partial charge in [0.2, 0.25) is 5.88 Å². The van der Waals surface area contributed by atoms with Crippen LogP contribution in [0.4, 0.5) is 13.2 Å². The number of ether oxygens (including phenoxy) is 2. The highest BCUT2D eigenvalue weighted by molar-refractivity contribution is 7.80. The lowest BCUT2D eigenvalue weighted by Gasteiger charge is -2.12. The highest BCUT2D eigenvalue weighted by atomic mass is 32.1. The second-order valence-corrected chi connectivity index (χ2v) is 10.3. The number of pyridine rings is 1. The number of methoxy groups -OCH3 is 1. The van der Waals surface area contributed by atoms with Gasteiger partial charge in [0.15, 0.2) is 5.82 Å². The lowest BCUT2D eigenvalue weighted by molar-refractivity contribution is -0.274. The van der Waals surface area contributed by atoms with Gasteiger partial charge in [-0.25, -0.2) is 14.6 Å². The summed E-state index contributed by atoms with van der Waals surface area (Å²) in [6.07, 6.45) is -0.431. The van der Waals surface area contributed by atoms with Gasteiger partial charge in [0.05, 0.1) is 12.8 Å². The molecule has 2 aromatic heterocycles. The minimum atomic E-state index is -4.73. The normalized spacial score (nSPS) is 16.7. The molecule has 1 fully saturated rings. The maximum atomic E-state index is 12.4. The zero-order valence-corrected chi connectivity index (χ0v) is 22.5. The highest BCUT2D eigenvalue weighted by Gasteiger charge is 2.38. The number of aromatic nitrogens is 4. The molecule has 6 nitrogen and oxygen atoms in total. The van der Waals surface area contributed by atoms with Crippen LogP contribution in [-0.4, -0.2) is 38.1 Å². The van der Waals surface area contributed by atoms with Crippen LogP contribution in [0.2, 0.25) is 0 Å². The summed E-state index contributed by atoms with van der Waals surface area (Å²) in [5.74, 6) is 1.89. The summed E-state index contributed by atoms with van der Waals surface area (Å²) in [6.45, 7) is 4.06. The molecule has 0 N–H and O–H groups in total. The molecule has 39 heavy (non-hydrogen) atoms. The highest BCUT2D eigenvalue weighted by Crippen LogP contribution is 2.50. The summed E-state index contributed by atoms with van der Waals surface area (Å²) < 4.78 is 47.8. The largest absolute Gasteiger partial charge is 0.573 e. The zero-order valence-electron chi connectivity index (χ0n) is 21.7. The van der Waals surface area contributed by atoms with E-state index in [0.29, 0.717) is 29.2 Å². The van der Waals surface area contributed by atoms with Crippen molar-refractivity contribution in [1.82, 2.24) is 19.7 Å². The molecule has 0 spiro atoms. The predicted octanol–water partition coefficient (Wildman–Crippen LogP) is 6.96. The van der Waals surface area contributed by atoms with Gasteiger partial charge in [0.25, 0.3) is 0 Å². The molecule has 1 aliphatic rings. The summed E-state index contributed by atoms with van der Waals surface area (Å²) in [5, 5.41) is 4.48. The molecule has 2 aromatic carbocycles. The molecular formula is C29H27F3N4O2S. The lowest BCUT2D eigenvalue weighted by Crippen LogP contribution is -2.17. The third kappa shape index (κ3) is 6.44. The molecule has 1 aliphatic carbocycles. The van der Waals surface area contributed by atoms with Crippen molar-refractivity contribution < 1.29 is 22.6 Å². The fraction of sp³-hybridized carbons (Fsp3) is 0.310. The van der Waals surface area contributed by atoms with Crippen LogP contribution in [-0.2, 0) is 6.42 Å². The molecule has 2 atom stereocenters. The van der Waals surface area contributed by atoms with Crippen molar-refractivity contribution in [1.29, 1.82) is 0 Å². The van der Waals surface area contributed by atoms with Crippen LogP contribution in [0.5, 0.6) is 11.6 Å². The standard InChI is InChI=1S/C29H27F3N4O2S/c1-17-12-27(37-3)34-18(2)25(17)15-24(39)13-21-14-26(21)19-4-6-20(7-5-19)28-33-16-36(35-28)22-8-10-23(11-9-22)38-29(30,31)32/h4-12,16,21,26H,13-15H2,1-3H3. The third-order valence-corrected chi connectivity index (χ3v) is 7.26. The first-order valence-corrected chi connectivity index (χ1v) is 12.9. The first-order valence-electron chi connectivity index (χ1n) is 12.5. The van der Waals surface area contributed by atoms with Crippen LogP contribution < -0.4 is 9.47 Å². The van der Waals surface area contributed by atoms with Gasteiger partial charge in [-0.05, 0) is 84.3 Å². The van der Waals surface area contributed by atoms with Crippen molar-refractivity contribution in [3.63, 3.8) is 0 Å². The molecular weight excluding hydrogens is 525 g/mol. The maximum Gasteiger partial charge on any atom is 0.573 e. The fourth-order valence-corrected chi connectivity index (χ4v) is 5.20. The Morgan fingerprint density at radius 2 is 1.79 bits per heavy atom. The lowest BCUT2D eigenvalue weighted by atomic mass is 9.99. The van der Waals surface area contributed by atoms with Gasteiger partial charge in [-0.2, -0.15) is 0 Å². The van der Waals surface area contributed by atoms with E-state index in [1.165, 1.54) is 46.4 Å². The number of thiocarbonyl (C=S) groups is 1. The van der Waals surface area contributed by atoms with Crippen molar-refractivity contribution in [2.24, 2.45) is 5.92 Å². The number of aryl methyl sites for hydroxylation is 2. The van der Waals surface area contributed by atoms with Gasteiger partial charge < -0.3 is 9.47 Å². The average molecular weight is 553 g/mol. The Labute approximate surface area is 229 Å². The van der Waals surface area contributed by atoms with Gasteiger partial charge >= 0.3 is 6.36 Å². The quantitative estimate of drug-likeness (QED) is 0.209. The third-order valence-electron chi connectivity index (χ3n) is 6.95. The van der Waals surface area contributed by atoms with E-state index in [-0.39, 0.29) is 5.75 Å². The molecule has 202 valence electrons. The van der Waals surface area contributed by atoms with Crippen molar-refractivity contribution in [3.05, 3.63) is 83.3 Å². The molecule has 0 aliphatic heterocycles. The van der Waals surface area contributed by atoms with E-state index in [2.05, 4.69) is 38.9 Å². The van der Waals surface area contributed by atoms with E-state index >= 15 is 0 Å². The van der Waals surface area contributed by atoms with Gasteiger partial charge in [0.1, 0.15) is 12.1 Å². The van der Waals surface area contributed by atoms with Crippen molar-refractivity contribution >= 4 is 17.1 Å². The predicted molar refractivity (Wildman–Crippen MR) is 146 cm³/mol. The van der Waals surface area contributed by atoms with Gasteiger partial charge in [-0.15, -0.1) is 18.3 Å². The summed E-state index contributed by atoms with van der Waals surface area (Å²) in [6, 6.07) is 15.6. The van der Waals surface area contributed by atoms with E-state index in [4.69, 9.17) is 17.0 Å². The van der Waals surface area contributed by atoms with Crippen molar-refractivity contribution in [2.75, 3.05) is 7.11 Å². The maximum absolute atomic E-state index is 12.4. The Hall–Kier alpha value is -3.79. The molecule has 5 rings (SSSR count). The Morgan fingerprint density at radius 1 is 1.08 bits per heavy atom. The molecule has 0 bridgehead atoms. The Morgan fingerprint density at radius 3 is 2.44 bits per heavy atom. The number of rotatable bonds is 9. The number of hydrogen-bond donors (Lipinski definition) is 0. The Bertz CT molecular complexity index is 1460. The van der Waals surface area contributed by atoms with E-state index in [9.17, 15) is 13.2 Å². The van der Waals surface area contributed by atoms with E-state index in [0.717, 1.165) is 40.9 Å². The van der Waals surface area contributed by atoms with Crippen molar-refractivity contribution in [3.8, 4) is 28.7 Å². The first kappa shape index (κ1) is 26.8. The Balaban J connectivity index is 1.18. The molecule has 0 saturated heterocycles. The van der Waals surface area contributed by atoms with E-state index < -0.39 is 6.36 Å². The van der Waals surface area contributed by atoms with Crippen molar-refractivity contribution in [2.45, 2.75) is 45.4 Å². The second-order valence-electron chi connectivity index (χ2n) is 9.74. The number of alkyl halides is 3. The minimum Gasteiger partial charge on any atom is -0.481 e. The number of nitrogens with zero attached hydrogens (tertiary/aromatic N) is 4. The number of benzene rings is 2. The van der Waals surface area contributed by atoms with Crippen LogP contribution in [0, 0.1) is 19.8 Å². The van der Waals surface area contributed by atoms with Crippen LogP contribution in [0.25, 0.3) is 17.1 Å². The molecule has 0 radical (unpaired) electrons. The smallest absolute Gasteiger partial charge is 0.481 e. The molecule has 1 saturated carbocycles. The van der Waals surface area contributed by atoms with Crippen LogP contribution in [0.3, 0.4) is 0 Å². The average Bonchev–Trinajstić information content (AvgIpc) is 3.47. The number of hydrogen-bond acceptors (Lipinski definition) is 6. The van der Waals surface area contributed by atoms with Crippen LogP contribution in [0.15, 0.2) is 60.9 Å². The zero-order chi connectivity index (χ0) is 27.7.